The molecule has 1 atom stereocenters. The molecule has 1 fully saturated rings. The molecule has 1 aliphatic carbocycles. The van der Waals surface area contributed by atoms with Crippen LogP contribution in [0.15, 0.2) is 5.38 Å². The van der Waals surface area contributed by atoms with Gasteiger partial charge in [-0.2, -0.15) is 0 Å². The molecule has 1 saturated carbocycles. The second-order valence-corrected chi connectivity index (χ2v) is 7.04. The lowest BCUT2D eigenvalue weighted by molar-refractivity contribution is -0.141. The minimum Gasteiger partial charge on any atom is -0.480 e. The molecule has 0 bridgehead atoms. The van der Waals surface area contributed by atoms with Gasteiger partial charge in [0.05, 0.1) is 12.1 Å². The van der Waals surface area contributed by atoms with E-state index in [0.29, 0.717) is 23.2 Å². The van der Waals surface area contributed by atoms with E-state index in [-0.39, 0.29) is 12.3 Å². The number of hydrogen-bond donors (Lipinski definition) is 3. The molecule has 0 aliphatic heterocycles. The van der Waals surface area contributed by atoms with Crippen molar-refractivity contribution in [3.05, 3.63) is 11.1 Å². The Hall–Kier alpha value is -1.96. The summed E-state index contributed by atoms with van der Waals surface area (Å²) >= 11 is 1.26. The Labute approximate surface area is 144 Å². The first-order valence-corrected chi connectivity index (χ1v) is 9.08. The molecule has 1 aromatic heterocycles. The van der Waals surface area contributed by atoms with Crippen LogP contribution in [0.3, 0.4) is 0 Å². The highest BCUT2D eigenvalue weighted by Crippen LogP contribution is 2.28. The molecule has 0 saturated heterocycles. The van der Waals surface area contributed by atoms with Crippen molar-refractivity contribution in [1.29, 1.82) is 0 Å². The van der Waals surface area contributed by atoms with Crippen LogP contribution in [0.1, 0.15) is 51.1 Å². The van der Waals surface area contributed by atoms with Crippen LogP contribution < -0.4 is 10.6 Å². The molecule has 1 heterocycles. The van der Waals surface area contributed by atoms with E-state index in [9.17, 15) is 14.4 Å². The molecule has 1 aliphatic rings. The molecule has 2 amide bonds. The van der Waals surface area contributed by atoms with Crippen LogP contribution in [-0.2, 0) is 20.8 Å². The molecule has 1 unspecified atom stereocenters. The zero-order chi connectivity index (χ0) is 17.5. The summed E-state index contributed by atoms with van der Waals surface area (Å²) < 4.78 is 0. The average Bonchev–Trinajstić information content (AvgIpc) is 3.17. The summed E-state index contributed by atoms with van der Waals surface area (Å²) in [4.78, 5) is 38.5. The lowest BCUT2D eigenvalue weighted by Gasteiger charge is -2.08. The van der Waals surface area contributed by atoms with Crippen LogP contribution in [-0.4, -0.2) is 33.9 Å². The maximum Gasteiger partial charge on any atom is 0.325 e. The second kappa shape index (κ2) is 8.77. The molecule has 0 spiro atoms. The number of amides is 2. The fourth-order valence-corrected chi connectivity index (χ4v) is 3.51. The zero-order valence-electron chi connectivity index (χ0n) is 13.7. The number of carbonyl (C=O) groups is 3. The molecule has 132 valence electrons. The number of aliphatic carboxylic acids is 1. The van der Waals surface area contributed by atoms with Crippen molar-refractivity contribution in [2.75, 3.05) is 5.32 Å². The highest BCUT2D eigenvalue weighted by atomic mass is 32.1. The zero-order valence-corrected chi connectivity index (χ0v) is 14.5. The number of hydrogen-bond acceptors (Lipinski definition) is 5. The van der Waals surface area contributed by atoms with Gasteiger partial charge in [0.2, 0.25) is 11.8 Å². The summed E-state index contributed by atoms with van der Waals surface area (Å²) in [6, 6.07) is -0.939. The van der Waals surface area contributed by atoms with Crippen molar-refractivity contribution in [3.63, 3.8) is 0 Å². The highest BCUT2D eigenvalue weighted by molar-refractivity contribution is 7.13. The minimum absolute atomic E-state index is 0.00787. The van der Waals surface area contributed by atoms with Crippen molar-refractivity contribution in [3.8, 4) is 0 Å². The van der Waals surface area contributed by atoms with E-state index < -0.39 is 17.9 Å². The van der Waals surface area contributed by atoms with E-state index in [1.807, 2.05) is 0 Å². The fourth-order valence-electron chi connectivity index (χ4n) is 2.78. The number of carboxylic acids is 1. The molecule has 1 aromatic rings. The van der Waals surface area contributed by atoms with Crippen LogP contribution >= 0.6 is 11.3 Å². The first kappa shape index (κ1) is 18.4. The van der Waals surface area contributed by atoms with Crippen LogP contribution in [0.25, 0.3) is 0 Å². The number of carbonyl (C=O) groups excluding carboxylic acids is 2. The largest absolute Gasteiger partial charge is 0.480 e. The Bertz CT molecular complexity index is 596. The number of aromatic nitrogens is 1. The number of nitrogens with one attached hydrogen (secondary N) is 2. The predicted molar refractivity (Wildman–Crippen MR) is 90.9 cm³/mol. The molecular weight excluding hydrogens is 330 g/mol. The van der Waals surface area contributed by atoms with Crippen molar-refractivity contribution in [2.45, 2.75) is 57.9 Å². The average molecular weight is 353 g/mol. The smallest absolute Gasteiger partial charge is 0.325 e. The summed E-state index contributed by atoms with van der Waals surface area (Å²) in [5, 5.41) is 16.0. The van der Waals surface area contributed by atoms with E-state index in [4.69, 9.17) is 5.11 Å². The Morgan fingerprint density at radius 1 is 1.33 bits per heavy atom. The Morgan fingerprint density at radius 3 is 2.71 bits per heavy atom. The van der Waals surface area contributed by atoms with E-state index in [0.717, 1.165) is 6.42 Å². The Balaban J connectivity index is 1.74. The molecular formula is C16H23N3O4S. The predicted octanol–water partition coefficient (Wildman–Crippen LogP) is 2.18. The normalized spacial score (nSPS) is 15.9. The number of nitrogens with zero attached hydrogens (tertiary/aromatic N) is 1. The van der Waals surface area contributed by atoms with Gasteiger partial charge < -0.3 is 15.7 Å². The van der Waals surface area contributed by atoms with E-state index >= 15 is 0 Å². The Kier molecular flexibility index (Phi) is 6.72. The van der Waals surface area contributed by atoms with Crippen LogP contribution in [0.5, 0.6) is 0 Å². The quantitative estimate of drug-likeness (QED) is 0.664. The van der Waals surface area contributed by atoms with E-state index in [1.54, 1.807) is 5.38 Å². The third-order valence-corrected chi connectivity index (χ3v) is 4.95. The fraction of sp³-hybridized carbons (Fsp3) is 0.625. The molecule has 3 N–H and O–H groups in total. The number of carboxylic acid groups (broad SMARTS) is 1. The number of rotatable bonds is 8. The molecule has 2 rings (SSSR count). The third-order valence-electron chi connectivity index (χ3n) is 4.14. The van der Waals surface area contributed by atoms with Crippen molar-refractivity contribution in [2.24, 2.45) is 5.92 Å². The summed E-state index contributed by atoms with van der Waals surface area (Å²) in [6.07, 6.45) is 6.38. The van der Waals surface area contributed by atoms with Gasteiger partial charge in [-0.15, -0.1) is 11.3 Å². The first-order valence-electron chi connectivity index (χ1n) is 8.20. The molecule has 0 aromatic carbocycles. The summed E-state index contributed by atoms with van der Waals surface area (Å²) in [7, 11) is 0. The van der Waals surface area contributed by atoms with Crippen molar-refractivity contribution < 1.29 is 19.5 Å². The van der Waals surface area contributed by atoms with Gasteiger partial charge in [0, 0.05) is 11.8 Å². The summed E-state index contributed by atoms with van der Waals surface area (Å²) in [5.74, 6) is -0.875. The van der Waals surface area contributed by atoms with Gasteiger partial charge in [0.1, 0.15) is 6.04 Å². The van der Waals surface area contributed by atoms with Crippen molar-refractivity contribution in [1.82, 2.24) is 10.3 Å². The molecule has 0 radical (unpaired) electrons. The Morgan fingerprint density at radius 2 is 2.04 bits per heavy atom. The van der Waals surface area contributed by atoms with Crippen molar-refractivity contribution >= 4 is 34.3 Å². The van der Waals surface area contributed by atoms with Crippen LogP contribution in [0.4, 0.5) is 5.13 Å². The van der Waals surface area contributed by atoms with Crippen LogP contribution in [0, 0.1) is 5.92 Å². The van der Waals surface area contributed by atoms with Gasteiger partial charge in [-0.05, 0) is 19.3 Å². The number of anilines is 1. The molecule has 7 nitrogen and oxygen atoms in total. The monoisotopic (exact) mass is 353 g/mol. The first-order chi connectivity index (χ1) is 11.4. The van der Waals surface area contributed by atoms with Gasteiger partial charge >= 0.3 is 5.97 Å². The lowest BCUT2D eigenvalue weighted by atomic mass is 10.0. The van der Waals surface area contributed by atoms with Gasteiger partial charge in [0.15, 0.2) is 5.13 Å². The molecule has 24 heavy (non-hydrogen) atoms. The summed E-state index contributed by atoms with van der Waals surface area (Å²) in [5.41, 5.74) is 0.515. The van der Waals surface area contributed by atoms with Gasteiger partial charge in [-0.3, -0.25) is 14.4 Å². The standard InChI is InChI=1S/C16H23N3O4S/c1-10(15(22)23)17-14(21)8-12-9-24-16(18-12)19-13(20)7-6-11-4-2-3-5-11/h9-11H,2-8H2,1H3,(H,17,21)(H,22,23)(H,18,19,20). The number of thiazole rings is 1. The maximum atomic E-state index is 11.9. The second-order valence-electron chi connectivity index (χ2n) is 6.19. The third kappa shape index (κ3) is 5.92. The maximum absolute atomic E-state index is 11.9. The topological polar surface area (TPSA) is 108 Å². The minimum atomic E-state index is -1.09. The van der Waals surface area contributed by atoms with Gasteiger partial charge in [0.25, 0.3) is 0 Å². The lowest BCUT2D eigenvalue weighted by Crippen LogP contribution is -2.39. The van der Waals surface area contributed by atoms with Crippen LogP contribution in [0.2, 0.25) is 0 Å². The van der Waals surface area contributed by atoms with Gasteiger partial charge in [-0.1, -0.05) is 25.7 Å². The summed E-state index contributed by atoms with van der Waals surface area (Å²) in [6.45, 7) is 1.40. The van der Waals surface area contributed by atoms with Gasteiger partial charge in [-0.25, -0.2) is 4.98 Å². The molecule has 8 heteroatoms. The van der Waals surface area contributed by atoms with E-state index in [2.05, 4.69) is 15.6 Å². The SMILES string of the molecule is CC(NC(=O)Cc1csc(NC(=O)CCC2CCCC2)n1)C(=O)O. The highest BCUT2D eigenvalue weighted by Gasteiger charge is 2.17. The van der Waals surface area contributed by atoms with E-state index in [1.165, 1.54) is 43.9 Å².